The molecule has 0 saturated heterocycles. The maximum absolute atomic E-state index is 14.1. The fraction of sp³-hybridized carbons (Fsp3) is 0.158. The molecule has 2 aromatic carbocycles. The van der Waals surface area contributed by atoms with Gasteiger partial charge in [-0.2, -0.15) is 0 Å². The minimum Gasteiger partial charge on any atom is -0.478 e. The molecule has 0 aliphatic rings. The van der Waals surface area contributed by atoms with Crippen molar-refractivity contribution in [1.82, 2.24) is 0 Å². The fourth-order valence-electron chi connectivity index (χ4n) is 1.95. The van der Waals surface area contributed by atoms with Crippen molar-refractivity contribution < 1.29 is 28.2 Å². The van der Waals surface area contributed by atoms with E-state index in [1.807, 2.05) is 0 Å². The average Bonchev–Trinajstić information content (AvgIpc) is 2.56. The molecule has 1 N–H and O–H groups in total. The summed E-state index contributed by atoms with van der Waals surface area (Å²) < 4.78 is 34.0. The third-order valence-corrected chi connectivity index (χ3v) is 3.98. The fourth-order valence-corrected chi connectivity index (χ4v) is 2.22. The highest BCUT2D eigenvalue weighted by molar-refractivity contribution is 9.10. The number of ketones is 1. The van der Waals surface area contributed by atoms with Crippen LogP contribution in [0, 0.1) is 11.6 Å². The molecule has 26 heavy (non-hydrogen) atoms. The lowest BCUT2D eigenvalue weighted by Gasteiger charge is -2.22. The maximum Gasteiger partial charge on any atom is 0.347 e. The van der Waals surface area contributed by atoms with Crippen LogP contribution < -0.4 is 4.74 Å². The van der Waals surface area contributed by atoms with E-state index in [1.165, 1.54) is 26.0 Å². The lowest BCUT2D eigenvalue weighted by atomic mass is 10.1. The Morgan fingerprint density at radius 2 is 1.65 bits per heavy atom. The highest BCUT2D eigenvalue weighted by Gasteiger charge is 2.31. The lowest BCUT2D eigenvalue weighted by molar-refractivity contribution is -0.152. The Morgan fingerprint density at radius 3 is 2.15 bits per heavy atom. The van der Waals surface area contributed by atoms with Gasteiger partial charge in [-0.25, -0.2) is 13.6 Å². The Hall–Kier alpha value is -2.54. The van der Waals surface area contributed by atoms with Crippen molar-refractivity contribution in [2.75, 3.05) is 0 Å². The molecule has 4 nitrogen and oxygen atoms in total. The number of carbonyl (C=O) groups is 2. The Bertz CT molecular complexity index is 851. The number of rotatable bonds is 6. The second-order valence-electron chi connectivity index (χ2n) is 5.94. The van der Waals surface area contributed by atoms with Crippen molar-refractivity contribution in [3.8, 4) is 5.75 Å². The van der Waals surface area contributed by atoms with Gasteiger partial charge in [0, 0.05) is 10.0 Å². The Balaban J connectivity index is 2.23. The first-order chi connectivity index (χ1) is 12.1. The molecule has 2 rings (SSSR count). The molecule has 7 heteroatoms. The number of aliphatic carboxylic acids is 1. The summed E-state index contributed by atoms with van der Waals surface area (Å²) in [6, 6.07) is 8.56. The van der Waals surface area contributed by atoms with Gasteiger partial charge in [0.15, 0.2) is 28.8 Å². The van der Waals surface area contributed by atoms with Gasteiger partial charge in [0.25, 0.3) is 0 Å². The standard InChI is InChI=1S/C19H15BrF2O4/c1-19(2,18(24)25)26-17-14(21)9-11(10-15(17)22)3-8-16(23)12-4-6-13(20)7-5-12/h3-10H,1-2H3,(H,24,25)/b8-3+. The number of carbonyl (C=O) groups excluding carboxylic acids is 1. The van der Waals surface area contributed by atoms with Crippen molar-refractivity contribution >= 4 is 33.8 Å². The molecule has 0 amide bonds. The molecule has 0 radical (unpaired) electrons. The number of carboxylic acids is 1. The van der Waals surface area contributed by atoms with Crippen LogP contribution in [0.1, 0.15) is 29.8 Å². The zero-order valence-electron chi connectivity index (χ0n) is 13.9. The van der Waals surface area contributed by atoms with Crippen molar-refractivity contribution in [3.05, 3.63) is 69.7 Å². The van der Waals surface area contributed by atoms with Crippen LogP contribution in [0.2, 0.25) is 0 Å². The van der Waals surface area contributed by atoms with E-state index in [0.29, 0.717) is 5.56 Å². The molecule has 0 bridgehead atoms. The van der Waals surface area contributed by atoms with E-state index < -0.39 is 29.0 Å². The summed E-state index contributed by atoms with van der Waals surface area (Å²) in [6.07, 6.45) is 2.46. The Labute approximate surface area is 157 Å². The molecule has 0 aliphatic carbocycles. The molecule has 0 aliphatic heterocycles. The van der Waals surface area contributed by atoms with Gasteiger partial charge in [-0.1, -0.05) is 22.0 Å². The van der Waals surface area contributed by atoms with E-state index in [-0.39, 0.29) is 11.3 Å². The molecule has 0 atom stereocenters. The van der Waals surface area contributed by atoms with Crippen LogP contribution in [-0.4, -0.2) is 22.5 Å². The summed E-state index contributed by atoms with van der Waals surface area (Å²) >= 11 is 3.26. The number of benzene rings is 2. The van der Waals surface area contributed by atoms with Gasteiger partial charge in [0.1, 0.15) is 0 Å². The van der Waals surface area contributed by atoms with Crippen LogP contribution in [0.25, 0.3) is 6.08 Å². The number of hydrogen-bond donors (Lipinski definition) is 1. The zero-order valence-corrected chi connectivity index (χ0v) is 15.5. The SMILES string of the molecule is CC(C)(Oc1c(F)cc(/C=C/C(=O)c2ccc(Br)cc2)cc1F)C(=O)O. The molecule has 0 heterocycles. The van der Waals surface area contributed by atoms with Crippen LogP contribution in [0.4, 0.5) is 8.78 Å². The second-order valence-corrected chi connectivity index (χ2v) is 6.85. The number of carboxylic acid groups (broad SMARTS) is 1. The zero-order chi connectivity index (χ0) is 19.5. The van der Waals surface area contributed by atoms with Gasteiger partial charge >= 0.3 is 5.97 Å². The van der Waals surface area contributed by atoms with Gasteiger partial charge in [0.2, 0.25) is 0 Å². The van der Waals surface area contributed by atoms with Gasteiger partial charge in [0.05, 0.1) is 0 Å². The summed E-state index contributed by atoms with van der Waals surface area (Å²) in [4.78, 5) is 23.1. The van der Waals surface area contributed by atoms with Gasteiger partial charge in [-0.15, -0.1) is 0 Å². The van der Waals surface area contributed by atoms with E-state index in [4.69, 9.17) is 9.84 Å². The monoisotopic (exact) mass is 424 g/mol. The van der Waals surface area contributed by atoms with Crippen molar-refractivity contribution in [3.63, 3.8) is 0 Å². The quantitative estimate of drug-likeness (QED) is 0.530. The topological polar surface area (TPSA) is 63.6 Å². The van der Waals surface area contributed by atoms with Crippen LogP contribution in [0.3, 0.4) is 0 Å². The second kappa shape index (κ2) is 7.78. The molecule has 2 aromatic rings. The molecular formula is C19H15BrF2O4. The van der Waals surface area contributed by atoms with E-state index >= 15 is 0 Å². The van der Waals surface area contributed by atoms with E-state index in [2.05, 4.69) is 15.9 Å². The number of halogens is 3. The van der Waals surface area contributed by atoms with Crippen LogP contribution >= 0.6 is 15.9 Å². The maximum atomic E-state index is 14.1. The smallest absolute Gasteiger partial charge is 0.347 e. The van der Waals surface area contributed by atoms with Crippen LogP contribution in [0.15, 0.2) is 46.9 Å². The van der Waals surface area contributed by atoms with E-state index in [9.17, 15) is 18.4 Å². The van der Waals surface area contributed by atoms with Crippen molar-refractivity contribution in [1.29, 1.82) is 0 Å². The molecular weight excluding hydrogens is 410 g/mol. The van der Waals surface area contributed by atoms with E-state index in [1.54, 1.807) is 24.3 Å². The predicted octanol–water partition coefficient (Wildman–Crippen LogP) is 4.87. The van der Waals surface area contributed by atoms with Crippen LogP contribution in [-0.2, 0) is 4.79 Å². The summed E-state index contributed by atoms with van der Waals surface area (Å²) in [5, 5.41) is 8.99. The van der Waals surface area contributed by atoms with Gasteiger partial charge < -0.3 is 9.84 Å². The summed E-state index contributed by atoms with van der Waals surface area (Å²) in [6.45, 7) is 2.36. The first-order valence-electron chi connectivity index (χ1n) is 7.49. The normalized spacial score (nSPS) is 11.6. The molecule has 136 valence electrons. The first-order valence-corrected chi connectivity index (χ1v) is 8.29. The number of ether oxygens (including phenoxy) is 1. The Morgan fingerprint density at radius 1 is 1.12 bits per heavy atom. The Kier molecular flexibility index (Phi) is 5.92. The first kappa shape index (κ1) is 19.8. The lowest BCUT2D eigenvalue weighted by Crippen LogP contribution is -2.38. The third kappa shape index (κ3) is 4.76. The number of allylic oxidation sites excluding steroid dienone is 1. The predicted molar refractivity (Wildman–Crippen MR) is 96.2 cm³/mol. The minimum absolute atomic E-state index is 0.103. The largest absolute Gasteiger partial charge is 0.478 e. The summed E-state index contributed by atoms with van der Waals surface area (Å²) in [5.41, 5.74) is -1.27. The highest BCUT2D eigenvalue weighted by atomic mass is 79.9. The molecule has 0 unspecified atom stereocenters. The molecule has 0 spiro atoms. The minimum atomic E-state index is -1.80. The highest BCUT2D eigenvalue weighted by Crippen LogP contribution is 2.28. The molecule has 0 saturated carbocycles. The number of hydrogen-bond acceptors (Lipinski definition) is 3. The summed E-state index contributed by atoms with van der Waals surface area (Å²) in [5.74, 6) is -4.59. The third-order valence-electron chi connectivity index (χ3n) is 3.45. The molecule has 0 fully saturated rings. The van der Waals surface area contributed by atoms with Gasteiger partial charge in [-0.3, -0.25) is 4.79 Å². The van der Waals surface area contributed by atoms with Crippen LogP contribution in [0.5, 0.6) is 5.75 Å². The molecule has 0 aromatic heterocycles. The average molecular weight is 425 g/mol. The van der Waals surface area contributed by atoms with Gasteiger partial charge in [-0.05, 0) is 61.9 Å². The van der Waals surface area contributed by atoms with Crippen molar-refractivity contribution in [2.45, 2.75) is 19.4 Å². The van der Waals surface area contributed by atoms with E-state index in [0.717, 1.165) is 16.6 Å². The van der Waals surface area contributed by atoms with Crippen molar-refractivity contribution in [2.24, 2.45) is 0 Å². The summed E-state index contributed by atoms with van der Waals surface area (Å²) in [7, 11) is 0.